The predicted octanol–water partition coefficient (Wildman–Crippen LogP) is 4.98. The zero-order chi connectivity index (χ0) is 18.0. The number of nitrogens with one attached hydrogen (secondary N) is 1. The van der Waals surface area contributed by atoms with E-state index in [0.29, 0.717) is 11.5 Å². The molecule has 3 aromatic rings. The van der Waals surface area contributed by atoms with Gasteiger partial charge in [0, 0.05) is 16.5 Å². The van der Waals surface area contributed by atoms with Gasteiger partial charge in [0.15, 0.2) is 11.5 Å². The van der Waals surface area contributed by atoms with Gasteiger partial charge < -0.3 is 15.2 Å². The second kappa shape index (κ2) is 8.77. The van der Waals surface area contributed by atoms with Crippen LogP contribution in [0.2, 0.25) is 0 Å². The van der Waals surface area contributed by atoms with Crippen molar-refractivity contribution in [1.29, 1.82) is 5.41 Å². The van der Waals surface area contributed by atoms with Crippen molar-refractivity contribution in [3.8, 4) is 33.3 Å². The minimum atomic E-state index is 0. The Balaban J connectivity index is 0.00000243. The lowest BCUT2D eigenvalue weighted by atomic mass is 10.1. The summed E-state index contributed by atoms with van der Waals surface area (Å²) in [5, 5.41) is 10.6. The van der Waals surface area contributed by atoms with Crippen LogP contribution in [0.1, 0.15) is 4.88 Å². The molecule has 2 aromatic heterocycles. The van der Waals surface area contributed by atoms with Crippen LogP contribution in [0.3, 0.4) is 0 Å². The van der Waals surface area contributed by atoms with Crippen molar-refractivity contribution in [2.45, 2.75) is 4.21 Å². The average molecular weight is 428 g/mol. The number of nitrogens with zero attached hydrogens (tertiary/aromatic N) is 1. The second-order valence-corrected chi connectivity index (χ2v) is 8.02. The maximum absolute atomic E-state index is 7.64. The van der Waals surface area contributed by atoms with Crippen LogP contribution in [0.4, 0.5) is 0 Å². The molecule has 0 radical (unpaired) electrons. The van der Waals surface area contributed by atoms with Gasteiger partial charge in [0.1, 0.15) is 10.8 Å². The van der Waals surface area contributed by atoms with Gasteiger partial charge in [0.25, 0.3) is 0 Å². The summed E-state index contributed by atoms with van der Waals surface area (Å²) in [5.74, 6) is 1.45. The molecule has 0 bridgehead atoms. The van der Waals surface area contributed by atoms with Crippen LogP contribution in [-0.4, -0.2) is 31.3 Å². The predicted molar refractivity (Wildman–Crippen MR) is 114 cm³/mol. The van der Waals surface area contributed by atoms with Crippen molar-refractivity contribution in [3.05, 3.63) is 34.5 Å². The highest BCUT2D eigenvalue weighted by Crippen LogP contribution is 2.40. The molecule has 0 spiro atoms. The third-order valence-corrected chi connectivity index (χ3v) is 6.74. The van der Waals surface area contributed by atoms with Gasteiger partial charge in [0.2, 0.25) is 0 Å². The Labute approximate surface area is 170 Å². The van der Waals surface area contributed by atoms with Gasteiger partial charge in [-0.1, -0.05) is 0 Å². The Kier molecular flexibility index (Phi) is 6.94. The Morgan fingerprint density at radius 2 is 1.92 bits per heavy atom. The van der Waals surface area contributed by atoms with E-state index in [4.69, 9.17) is 25.6 Å². The van der Waals surface area contributed by atoms with Crippen molar-refractivity contribution in [3.63, 3.8) is 0 Å². The molecule has 0 unspecified atom stereocenters. The number of methoxy groups -OCH3 is 2. The minimum absolute atomic E-state index is 0. The molecule has 3 N–H and O–H groups in total. The number of rotatable bonds is 6. The fourth-order valence-electron chi connectivity index (χ4n) is 2.33. The molecule has 5 nitrogen and oxygen atoms in total. The first-order valence-corrected chi connectivity index (χ1v) is 10.2. The highest BCUT2D eigenvalue weighted by atomic mass is 35.5. The normalized spacial score (nSPS) is 10.3. The number of thiophene rings is 1. The van der Waals surface area contributed by atoms with E-state index < -0.39 is 0 Å². The molecule has 0 atom stereocenters. The highest BCUT2D eigenvalue weighted by molar-refractivity contribution is 8.00. The third-order valence-electron chi connectivity index (χ3n) is 3.56. The van der Waals surface area contributed by atoms with Crippen LogP contribution in [0.25, 0.3) is 21.8 Å². The fraction of sp³-hybridized carbons (Fsp3) is 0.176. The molecule has 0 aliphatic heterocycles. The first-order chi connectivity index (χ1) is 12.1. The molecular weight excluding hydrogens is 410 g/mol. The fourth-order valence-corrected chi connectivity index (χ4v) is 5.04. The van der Waals surface area contributed by atoms with Crippen LogP contribution < -0.4 is 15.2 Å². The van der Waals surface area contributed by atoms with E-state index in [1.54, 1.807) is 37.3 Å². The van der Waals surface area contributed by atoms with Crippen LogP contribution in [0.5, 0.6) is 11.5 Å². The number of thiazole rings is 1. The molecule has 0 fully saturated rings. The van der Waals surface area contributed by atoms with Crippen LogP contribution in [0, 0.1) is 5.41 Å². The SMILES string of the molecule is COc1ccc(-c2csc(-c3cc(C(=N)N)sc3SC)n2)cc1OC.Cl. The number of thioether (sulfide) groups is 1. The van der Waals surface area contributed by atoms with Gasteiger partial charge in [0.05, 0.1) is 29.0 Å². The van der Waals surface area contributed by atoms with Gasteiger partial charge in [-0.3, -0.25) is 5.41 Å². The average Bonchev–Trinajstić information content (AvgIpc) is 3.27. The third kappa shape index (κ3) is 3.98. The van der Waals surface area contributed by atoms with E-state index in [9.17, 15) is 0 Å². The second-order valence-electron chi connectivity index (χ2n) is 5.04. The number of hydrogen-bond acceptors (Lipinski definition) is 7. The highest BCUT2D eigenvalue weighted by Gasteiger charge is 2.16. The molecule has 0 aliphatic rings. The number of nitrogens with two attached hydrogens (primary N) is 1. The van der Waals surface area contributed by atoms with Crippen LogP contribution in [0.15, 0.2) is 33.9 Å². The Bertz CT molecular complexity index is 924. The van der Waals surface area contributed by atoms with Gasteiger partial charge in [-0.05, 0) is 30.5 Å². The maximum Gasteiger partial charge on any atom is 0.161 e. The number of benzene rings is 1. The van der Waals surface area contributed by atoms with Gasteiger partial charge in [-0.2, -0.15) is 0 Å². The quantitative estimate of drug-likeness (QED) is 0.329. The smallest absolute Gasteiger partial charge is 0.161 e. The molecule has 138 valence electrons. The Morgan fingerprint density at radius 1 is 1.19 bits per heavy atom. The van der Waals surface area contributed by atoms with Crippen molar-refractivity contribution in [1.82, 2.24) is 4.98 Å². The number of ether oxygens (including phenoxy) is 2. The molecule has 26 heavy (non-hydrogen) atoms. The summed E-state index contributed by atoms with van der Waals surface area (Å²) in [7, 11) is 3.24. The Morgan fingerprint density at radius 3 is 2.54 bits per heavy atom. The van der Waals surface area contributed by atoms with E-state index in [1.807, 2.05) is 35.9 Å². The molecule has 0 saturated carbocycles. The summed E-state index contributed by atoms with van der Waals surface area (Å²) in [4.78, 5) is 5.53. The van der Waals surface area contributed by atoms with Gasteiger partial charge in [-0.15, -0.1) is 46.8 Å². The largest absolute Gasteiger partial charge is 0.493 e. The minimum Gasteiger partial charge on any atom is -0.493 e. The lowest BCUT2D eigenvalue weighted by Gasteiger charge is -2.08. The van der Waals surface area contributed by atoms with Gasteiger partial charge in [-0.25, -0.2) is 4.98 Å². The van der Waals surface area contributed by atoms with E-state index in [1.165, 1.54) is 11.3 Å². The summed E-state index contributed by atoms with van der Waals surface area (Å²) >= 11 is 4.74. The monoisotopic (exact) mass is 427 g/mol. The van der Waals surface area contributed by atoms with Gasteiger partial charge >= 0.3 is 0 Å². The van der Waals surface area contributed by atoms with Crippen molar-refractivity contribution in [2.24, 2.45) is 5.73 Å². The zero-order valence-electron chi connectivity index (χ0n) is 14.4. The number of aromatic nitrogens is 1. The Hall–Kier alpha value is -1.74. The number of amidine groups is 1. The van der Waals surface area contributed by atoms with Crippen molar-refractivity contribution < 1.29 is 9.47 Å². The molecule has 3 rings (SSSR count). The molecule has 0 amide bonds. The lowest BCUT2D eigenvalue weighted by molar-refractivity contribution is 0.355. The number of hydrogen-bond donors (Lipinski definition) is 2. The molecule has 9 heteroatoms. The lowest BCUT2D eigenvalue weighted by Crippen LogP contribution is -2.08. The molecular formula is C17H18ClN3O2S3. The van der Waals surface area contributed by atoms with E-state index in [-0.39, 0.29) is 18.2 Å². The molecule has 2 heterocycles. The molecule has 0 aliphatic carbocycles. The van der Waals surface area contributed by atoms with Crippen molar-refractivity contribution >= 4 is 52.7 Å². The van der Waals surface area contributed by atoms with Crippen molar-refractivity contribution in [2.75, 3.05) is 20.5 Å². The van der Waals surface area contributed by atoms with Crippen LogP contribution >= 0.6 is 46.8 Å². The zero-order valence-corrected chi connectivity index (χ0v) is 17.6. The molecule has 1 aromatic carbocycles. The van der Waals surface area contributed by atoms with Crippen LogP contribution in [-0.2, 0) is 0 Å². The van der Waals surface area contributed by atoms with E-state index in [0.717, 1.165) is 30.9 Å². The summed E-state index contributed by atoms with van der Waals surface area (Å²) in [6.45, 7) is 0. The first-order valence-electron chi connectivity index (χ1n) is 7.28. The summed E-state index contributed by atoms with van der Waals surface area (Å²) in [6.07, 6.45) is 2.02. The number of nitrogen functional groups attached to an aromatic ring is 1. The first kappa shape index (κ1) is 20.6. The maximum atomic E-state index is 7.64. The molecule has 0 saturated heterocycles. The topological polar surface area (TPSA) is 81.2 Å². The number of halogens is 1. The van der Waals surface area contributed by atoms with E-state index >= 15 is 0 Å². The standard InChI is InChI=1S/C17H17N3O2S3.ClH/c1-21-12-5-4-9(6-13(12)22-2)11-8-24-16(20-11)10-7-14(15(18)19)25-17(10)23-3;/h4-8H,1-3H3,(H3,18,19);1H. The van der Waals surface area contributed by atoms with E-state index in [2.05, 4.69) is 0 Å². The summed E-state index contributed by atoms with van der Waals surface area (Å²) < 4.78 is 11.8. The summed E-state index contributed by atoms with van der Waals surface area (Å²) in [6, 6.07) is 7.70. The summed E-state index contributed by atoms with van der Waals surface area (Å²) in [5.41, 5.74) is 8.50.